The van der Waals surface area contributed by atoms with Crippen molar-refractivity contribution in [1.82, 2.24) is 20.1 Å². The van der Waals surface area contributed by atoms with E-state index in [9.17, 15) is 24.0 Å². The number of pyridine rings is 1. The molecule has 3 amide bonds. The summed E-state index contributed by atoms with van der Waals surface area (Å²) in [5, 5.41) is 12.2. The fourth-order valence-electron chi connectivity index (χ4n) is 3.87. The summed E-state index contributed by atoms with van der Waals surface area (Å²) >= 11 is 0. The number of nitrogens with one attached hydrogen (secondary N) is 1. The molecule has 2 N–H and O–H groups in total. The molecule has 0 aliphatic carbocycles. The van der Waals surface area contributed by atoms with Crippen LogP contribution in [0, 0.1) is 0 Å². The van der Waals surface area contributed by atoms with Crippen LogP contribution in [0.3, 0.4) is 0 Å². The number of hydrogen-bond donors (Lipinski definition) is 2. The first-order valence-electron chi connectivity index (χ1n) is 11.5. The summed E-state index contributed by atoms with van der Waals surface area (Å²) in [5.41, 5.74) is 0.403. The average Bonchev–Trinajstić information content (AvgIpc) is 2.89. The number of hydrogen-bond acceptors (Lipinski definition) is 8. The third-order valence-corrected chi connectivity index (χ3v) is 5.72. The number of benzene rings is 1. The summed E-state index contributed by atoms with van der Waals surface area (Å²) in [6.45, 7) is 2.85. The van der Waals surface area contributed by atoms with E-state index in [0.717, 1.165) is 0 Å². The van der Waals surface area contributed by atoms with Crippen molar-refractivity contribution in [3.63, 3.8) is 0 Å². The van der Waals surface area contributed by atoms with Crippen LogP contribution < -0.4 is 5.32 Å². The van der Waals surface area contributed by atoms with Crippen molar-refractivity contribution in [2.45, 2.75) is 25.8 Å². The highest BCUT2D eigenvalue weighted by atomic mass is 16.6. The number of rotatable bonds is 8. The Morgan fingerprint density at radius 3 is 2.39 bits per heavy atom. The molecule has 1 aromatic heterocycles. The Hall–Kier alpha value is -4.22. The van der Waals surface area contributed by atoms with E-state index >= 15 is 0 Å². The lowest BCUT2D eigenvalue weighted by molar-refractivity contribution is -0.138. The maximum atomic E-state index is 13.2. The highest BCUT2D eigenvalue weighted by Crippen LogP contribution is 2.20. The van der Waals surface area contributed by atoms with Gasteiger partial charge in [0.2, 0.25) is 5.91 Å². The molecule has 1 atom stereocenters. The van der Waals surface area contributed by atoms with Crippen LogP contribution >= 0.6 is 0 Å². The SMILES string of the molecule is CCOC(=O)N1CCN(C(=O)C(CCC(=O)O)NC(=O)c2cc(C(=O)OC)c3ccccc3n2)CC1. The fraction of sp³-hybridized carbons (Fsp3) is 0.417. The number of piperazine rings is 1. The second-order valence-electron chi connectivity index (χ2n) is 8.03. The van der Waals surface area contributed by atoms with Crippen molar-refractivity contribution in [3.05, 3.63) is 41.6 Å². The monoisotopic (exact) mass is 500 g/mol. The lowest BCUT2D eigenvalue weighted by Gasteiger charge is -2.35. The Morgan fingerprint density at radius 1 is 1.08 bits per heavy atom. The summed E-state index contributed by atoms with van der Waals surface area (Å²) < 4.78 is 9.80. The van der Waals surface area contributed by atoms with Crippen LogP contribution in [-0.4, -0.2) is 95.7 Å². The highest BCUT2D eigenvalue weighted by Gasteiger charge is 2.31. The minimum absolute atomic E-state index is 0.116. The summed E-state index contributed by atoms with van der Waals surface area (Å²) in [6, 6.07) is 6.86. The van der Waals surface area contributed by atoms with Gasteiger partial charge in [0, 0.05) is 38.0 Å². The summed E-state index contributed by atoms with van der Waals surface area (Å²) in [5.74, 6) is -2.98. The molecule has 1 aliphatic rings. The molecule has 1 aromatic carbocycles. The Labute approximate surface area is 207 Å². The van der Waals surface area contributed by atoms with Gasteiger partial charge in [0.05, 0.1) is 24.8 Å². The molecule has 12 heteroatoms. The number of fused-ring (bicyclic) bond motifs is 1. The second kappa shape index (κ2) is 12.0. The predicted octanol–water partition coefficient (Wildman–Crippen LogP) is 1.29. The Bertz CT molecular complexity index is 1160. The van der Waals surface area contributed by atoms with Gasteiger partial charge in [0.15, 0.2) is 0 Å². The van der Waals surface area contributed by atoms with E-state index in [-0.39, 0.29) is 56.9 Å². The molecule has 12 nitrogen and oxygen atoms in total. The molecule has 192 valence electrons. The number of ether oxygens (including phenoxy) is 2. The number of aliphatic carboxylic acids is 1. The number of carbonyl (C=O) groups excluding carboxylic acids is 4. The quantitative estimate of drug-likeness (QED) is 0.510. The normalized spacial score (nSPS) is 14.2. The van der Waals surface area contributed by atoms with Crippen molar-refractivity contribution in [3.8, 4) is 0 Å². The van der Waals surface area contributed by atoms with Crippen molar-refractivity contribution in [1.29, 1.82) is 0 Å². The molecule has 1 fully saturated rings. The smallest absolute Gasteiger partial charge is 0.409 e. The Kier molecular flexibility index (Phi) is 8.76. The van der Waals surface area contributed by atoms with Gasteiger partial charge in [-0.05, 0) is 25.5 Å². The van der Waals surface area contributed by atoms with Gasteiger partial charge in [-0.1, -0.05) is 18.2 Å². The molecular formula is C24H28N4O8. The standard InChI is InChI=1S/C24H28N4O8/c1-3-36-24(34)28-12-10-27(11-13-28)22(32)18(8-9-20(29)30)26-21(31)19-14-16(23(33)35-2)15-6-4-5-7-17(15)25-19/h4-7,14,18H,3,8-13H2,1-2H3,(H,26,31)(H,29,30). The maximum absolute atomic E-state index is 13.2. The molecule has 0 radical (unpaired) electrons. The second-order valence-corrected chi connectivity index (χ2v) is 8.03. The van der Waals surface area contributed by atoms with Crippen molar-refractivity contribution >= 4 is 40.7 Å². The summed E-state index contributed by atoms with van der Waals surface area (Å²) in [4.78, 5) is 68.9. The highest BCUT2D eigenvalue weighted by molar-refractivity contribution is 6.07. The zero-order valence-electron chi connectivity index (χ0n) is 20.1. The Morgan fingerprint density at radius 2 is 1.75 bits per heavy atom. The number of carboxylic acids is 1. The van der Waals surface area contributed by atoms with Crippen LogP contribution in [0.25, 0.3) is 10.9 Å². The van der Waals surface area contributed by atoms with Gasteiger partial charge in [-0.15, -0.1) is 0 Å². The molecule has 0 saturated carbocycles. The van der Waals surface area contributed by atoms with E-state index in [1.54, 1.807) is 31.2 Å². The van der Waals surface area contributed by atoms with Gasteiger partial charge in [0.1, 0.15) is 11.7 Å². The van der Waals surface area contributed by atoms with E-state index in [2.05, 4.69) is 10.3 Å². The van der Waals surface area contributed by atoms with E-state index in [1.165, 1.54) is 23.0 Å². The number of aromatic nitrogens is 1. The van der Waals surface area contributed by atoms with Crippen molar-refractivity contribution < 1.29 is 38.6 Å². The van der Waals surface area contributed by atoms with E-state index in [0.29, 0.717) is 10.9 Å². The largest absolute Gasteiger partial charge is 0.481 e. The minimum atomic E-state index is -1.14. The zero-order valence-corrected chi connectivity index (χ0v) is 20.1. The van der Waals surface area contributed by atoms with Crippen LogP contribution in [0.5, 0.6) is 0 Å². The van der Waals surface area contributed by atoms with E-state index in [4.69, 9.17) is 14.6 Å². The van der Waals surface area contributed by atoms with Gasteiger partial charge in [-0.25, -0.2) is 14.6 Å². The topological polar surface area (TPSA) is 155 Å². The van der Waals surface area contributed by atoms with Gasteiger partial charge in [-0.2, -0.15) is 0 Å². The molecule has 1 unspecified atom stereocenters. The molecule has 1 saturated heterocycles. The maximum Gasteiger partial charge on any atom is 0.409 e. The van der Waals surface area contributed by atoms with Crippen LogP contribution in [0.2, 0.25) is 0 Å². The predicted molar refractivity (Wildman–Crippen MR) is 126 cm³/mol. The van der Waals surface area contributed by atoms with Crippen LogP contribution in [0.15, 0.2) is 30.3 Å². The number of amides is 3. The number of para-hydroxylation sites is 1. The molecule has 2 heterocycles. The lowest BCUT2D eigenvalue weighted by atomic mass is 10.1. The third kappa shape index (κ3) is 6.26. The first-order chi connectivity index (χ1) is 17.2. The number of methoxy groups -OCH3 is 1. The minimum Gasteiger partial charge on any atom is -0.481 e. The number of carboxylic acid groups (broad SMARTS) is 1. The zero-order chi connectivity index (χ0) is 26.2. The third-order valence-electron chi connectivity index (χ3n) is 5.72. The summed E-state index contributed by atoms with van der Waals surface area (Å²) in [6.07, 6.45) is -0.961. The van der Waals surface area contributed by atoms with Crippen LogP contribution in [0.1, 0.15) is 40.6 Å². The molecule has 0 spiro atoms. The first kappa shape index (κ1) is 26.4. The Balaban J connectivity index is 1.79. The molecule has 2 aromatic rings. The number of esters is 1. The fourth-order valence-corrected chi connectivity index (χ4v) is 3.87. The van der Waals surface area contributed by atoms with Crippen molar-refractivity contribution in [2.24, 2.45) is 0 Å². The van der Waals surface area contributed by atoms with Gasteiger partial charge < -0.3 is 29.7 Å². The van der Waals surface area contributed by atoms with Crippen LogP contribution in [-0.2, 0) is 19.1 Å². The lowest BCUT2D eigenvalue weighted by Crippen LogP contribution is -2.56. The number of carbonyl (C=O) groups is 5. The van der Waals surface area contributed by atoms with Gasteiger partial charge in [-0.3, -0.25) is 14.4 Å². The molecular weight excluding hydrogens is 472 g/mol. The molecule has 1 aliphatic heterocycles. The molecule has 3 rings (SSSR count). The van der Waals surface area contributed by atoms with E-state index in [1.807, 2.05) is 0 Å². The number of nitrogens with zero attached hydrogens (tertiary/aromatic N) is 3. The summed E-state index contributed by atoms with van der Waals surface area (Å²) in [7, 11) is 1.22. The van der Waals surface area contributed by atoms with E-state index < -0.39 is 35.9 Å². The molecule has 36 heavy (non-hydrogen) atoms. The first-order valence-corrected chi connectivity index (χ1v) is 11.5. The van der Waals surface area contributed by atoms with Crippen LogP contribution in [0.4, 0.5) is 4.79 Å². The molecule has 0 bridgehead atoms. The average molecular weight is 501 g/mol. The van der Waals surface area contributed by atoms with Gasteiger partial charge >= 0.3 is 18.0 Å². The van der Waals surface area contributed by atoms with Crippen molar-refractivity contribution in [2.75, 3.05) is 39.9 Å². The van der Waals surface area contributed by atoms with Gasteiger partial charge in [0.25, 0.3) is 5.91 Å².